The van der Waals surface area contributed by atoms with Gasteiger partial charge >= 0.3 is 6.01 Å². The number of nitrogens with one attached hydrogen (secondary N) is 2. The van der Waals surface area contributed by atoms with Crippen LogP contribution in [0.2, 0.25) is 10.0 Å². The Morgan fingerprint density at radius 2 is 1.71 bits per heavy atom. The highest BCUT2D eigenvalue weighted by atomic mass is 35.5. The Hall–Kier alpha value is -3.09. The average molecular weight is 455 g/mol. The predicted molar refractivity (Wildman–Crippen MR) is 123 cm³/mol. The molecule has 4 rings (SSSR count). The smallest absolute Gasteiger partial charge is 0.301 e. The minimum Gasteiger partial charge on any atom is -0.426 e. The lowest BCUT2D eigenvalue weighted by Crippen LogP contribution is -2.39. The van der Waals surface area contributed by atoms with Crippen LogP contribution < -0.4 is 10.1 Å². The number of nitrogens with zero attached hydrogens (tertiary/aromatic N) is 2. The molecule has 0 aliphatic carbocycles. The second kappa shape index (κ2) is 8.21. The zero-order valence-electron chi connectivity index (χ0n) is 17.2. The Labute approximate surface area is 189 Å². The Morgan fingerprint density at radius 1 is 1.03 bits per heavy atom. The van der Waals surface area contributed by atoms with Crippen LogP contribution >= 0.6 is 23.2 Å². The van der Waals surface area contributed by atoms with Gasteiger partial charge in [-0.1, -0.05) is 47.5 Å². The first-order chi connectivity index (χ1) is 14.7. The lowest BCUT2D eigenvalue weighted by molar-refractivity contribution is -0.120. The van der Waals surface area contributed by atoms with E-state index >= 15 is 0 Å². The molecular weight excluding hydrogens is 435 g/mol. The highest BCUT2D eigenvalue weighted by Crippen LogP contribution is 2.31. The van der Waals surface area contributed by atoms with E-state index in [9.17, 15) is 4.79 Å². The SMILES string of the molecule is CC(=O)NC(C)(C)c1ccc(Oc2nc3nc(-c4ccc(Cl)cc4)c(Cl)cc3[nH]2)cc1. The van der Waals surface area contributed by atoms with Gasteiger partial charge in [0.15, 0.2) is 5.65 Å². The fraction of sp³-hybridized carbons (Fsp3) is 0.174. The molecule has 0 saturated heterocycles. The minimum atomic E-state index is -0.484. The molecule has 2 N–H and O–H groups in total. The van der Waals surface area contributed by atoms with Gasteiger partial charge in [0.05, 0.1) is 21.8 Å². The van der Waals surface area contributed by atoms with Crippen molar-refractivity contribution in [3.63, 3.8) is 0 Å². The lowest BCUT2D eigenvalue weighted by atomic mass is 9.94. The molecule has 6 nitrogen and oxygen atoms in total. The first kappa shape index (κ1) is 21.2. The third kappa shape index (κ3) is 4.65. The third-order valence-electron chi connectivity index (χ3n) is 4.80. The van der Waals surface area contributed by atoms with E-state index in [1.165, 1.54) is 6.92 Å². The zero-order valence-corrected chi connectivity index (χ0v) is 18.7. The first-order valence-corrected chi connectivity index (χ1v) is 10.4. The molecule has 0 fully saturated rings. The van der Waals surface area contributed by atoms with Crippen LogP contribution in [-0.4, -0.2) is 20.9 Å². The normalized spacial score (nSPS) is 11.5. The van der Waals surface area contributed by atoms with Crippen LogP contribution in [0.15, 0.2) is 54.6 Å². The van der Waals surface area contributed by atoms with Gasteiger partial charge in [0.1, 0.15) is 5.75 Å². The van der Waals surface area contributed by atoms with Crippen molar-refractivity contribution in [2.24, 2.45) is 0 Å². The molecular formula is C23H20Cl2N4O2. The van der Waals surface area contributed by atoms with Gasteiger partial charge in [-0.05, 0) is 49.7 Å². The van der Waals surface area contributed by atoms with E-state index in [2.05, 4.69) is 20.3 Å². The average Bonchev–Trinajstić information content (AvgIpc) is 3.08. The number of amides is 1. The summed E-state index contributed by atoms with van der Waals surface area (Å²) in [5.74, 6) is 0.516. The topological polar surface area (TPSA) is 79.9 Å². The van der Waals surface area contributed by atoms with Crippen molar-refractivity contribution in [2.75, 3.05) is 0 Å². The van der Waals surface area contributed by atoms with Crippen LogP contribution in [0.25, 0.3) is 22.4 Å². The van der Waals surface area contributed by atoms with E-state index in [0.29, 0.717) is 38.7 Å². The molecule has 31 heavy (non-hydrogen) atoms. The van der Waals surface area contributed by atoms with Crippen molar-refractivity contribution in [3.8, 4) is 23.0 Å². The van der Waals surface area contributed by atoms with Crippen LogP contribution in [0.3, 0.4) is 0 Å². The van der Waals surface area contributed by atoms with Gasteiger partial charge in [0, 0.05) is 17.5 Å². The van der Waals surface area contributed by atoms with Gasteiger partial charge < -0.3 is 15.0 Å². The molecule has 0 aliphatic rings. The largest absolute Gasteiger partial charge is 0.426 e. The van der Waals surface area contributed by atoms with Gasteiger partial charge in [0.2, 0.25) is 5.91 Å². The van der Waals surface area contributed by atoms with E-state index in [1.54, 1.807) is 18.2 Å². The van der Waals surface area contributed by atoms with E-state index in [0.717, 1.165) is 11.1 Å². The van der Waals surface area contributed by atoms with E-state index in [-0.39, 0.29) is 5.91 Å². The van der Waals surface area contributed by atoms with Crippen LogP contribution in [-0.2, 0) is 10.3 Å². The second-order valence-corrected chi connectivity index (χ2v) is 8.52. The number of rotatable bonds is 5. The molecule has 8 heteroatoms. The molecule has 0 saturated carbocycles. The fourth-order valence-electron chi connectivity index (χ4n) is 3.32. The van der Waals surface area contributed by atoms with Crippen LogP contribution in [0, 0.1) is 0 Å². The van der Waals surface area contributed by atoms with Crippen LogP contribution in [0.5, 0.6) is 11.8 Å². The molecule has 0 atom stereocenters. The molecule has 0 unspecified atom stereocenters. The van der Waals surface area contributed by atoms with Gasteiger partial charge in [-0.25, -0.2) is 4.98 Å². The van der Waals surface area contributed by atoms with Gasteiger partial charge in [-0.15, -0.1) is 0 Å². The number of fused-ring (bicyclic) bond motifs is 1. The number of benzene rings is 2. The molecule has 2 aromatic heterocycles. The maximum atomic E-state index is 11.4. The molecule has 2 aromatic carbocycles. The number of aromatic amines is 1. The van der Waals surface area contributed by atoms with Crippen LogP contribution in [0.1, 0.15) is 26.3 Å². The Kier molecular flexibility index (Phi) is 5.60. The number of carbonyl (C=O) groups excluding carboxylic acids is 1. The standard InChI is InChI=1S/C23H20Cl2N4O2/c1-13(30)29-23(2,3)15-6-10-17(11-7-15)31-22-26-19-12-18(25)20(27-21(19)28-22)14-4-8-16(24)9-5-14/h4-12H,1-3H3,(H,29,30)(H,26,27,28). The van der Waals surface area contributed by atoms with Crippen LogP contribution in [0.4, 0.5) is 0 Å². The molecule has 4 aromatic rings. The van der Waals surface area contributed by atoms with Crippen molar-refractivity contribution in [2.45, 2.75) is 26.3 Å². The summed E-state index contributed by atoms with van der Waals surface area (Å²) in [5.41, 5.74) is 3.10. The summed E-state index contributed by atoms with van der Waals surface area (Å²) in [6.45, 7) is 5.38. The lowest BCUT2D eigenvalue weighted by Gasteiger charge is -2.26. The van der Waals surface area contributed by atoms with Crippen molar-refractivity contribution >= 4 is 40.3 Å². The highest BCUT2D eigenvalue weighted by Gasteiger charge is 2.21. The molecule has 2 heterocycles. The summed E-state index contributed by atoms with van der Waals surface area (Å²) in [5, 5.41) is 4.06. The van der Waals surface area contributed by atoms with Gasteiger partial charge in [-0.2, -0.15) is 4.98 Å². The highest BCUT2D eigenvalue weighted by molar-refractivity contribution is 6.33. The fourth-order valence-corrected chi connectivity index (χ4v) is 3.70. The number of pyridine rings is 1. The summed E-state index contributed by atoms with van der Waals surface area (Å²) < 4.78 is 5.86. The number of imidazole rings is 1. The zero-order chi connectivity index (χ0) is 22.2. The second-order valence-electron chi connectivity index (χ2n) is 7.67. The third-order valence-corrected chi connectivity index (χ3v) is 5.34. The maximum Gasteiger partial charge on any atom is 0.301 e. The maximum absolute atomic E-state index is 11.4. The van der Waals surface area contributed by atoms with E-state index in [4.69, 9.17) is 27.9 Å². The Bertz CT molecular complexity index is 1250. The number of ether oxygens (including phenoxy) is 1. The minimum absolute atomic E-state index is 0.0864. The van der Waals surface area contributed by atoms with E-state index < -0.39 is 5.54 Å². The number of halogens is 2. The predicted octanol–water partition coefficient (Wildman–Crippen LogP) is 6.10. The molecule has 1 amide bonds. The Balaban J connectivity index is 1.58. The monoisotopic (exact) mass is 454 g/mol. The number of hydrogen-bond donors (Lipinski definition) is 2. The first-order valence-electron chi connectivity index (χ1n) is 9.60. The molecule has 0 radical (unpaired) electrons. The Morgan fingerprint density at radius 3 is 2.35 bits per heavy atom. The molecule has 0 spiro atoms. The van der Waals surface area contributed by atoms with E-state index in [1.807, 2.05) is 50.2 Å². The van der Waals surface area contributed by atoms with Crippen molar-refractivity contribution in [3.05, 3.63) is 70.2 Å². The quantitative estimate of drug-likeness (QED) is 0.381. The number of aromatic nitrogens is 3. The number of H-pyrrole nitrogens is 1. The van der Waals surface area contributed by atoms with Crippen molar-refractivity contribution in [1.29, 1.82) is 0 Å². The summed E-state index contributed by atoms with van der Waals surface area (Å²) in [6, 6.07) is 16.8. The summed E-state index contributed by atoms with van der Waals surface area (Å²) in [7, 11) is 0. The molecule has 0 aliphatic heterocycles. The van der Waals surface area contributed by atoms with Gasteiger partial charge in [0.25, 0.3) is 0 Å². The molecule has 0 bridgehead atoms. The number of carbonyl (C=O) groups is 1. The van der Waals surface area contributed by atoms with Crippen molar-refractivity contribution < 1.29 is 9.53 Å². The number of hydrogen-bond acceptors (Lipinski definition) is 4. The van der Waals surface area contributed by atoms with Crippen molar-refractivity contribution in [1.82, 2.24) is 20.3 Å². The summed E-state index contributed by atoms with van der Waals surface area (Å²) in [6.07, 6.45) is 0. The molecule has 158 valence electrons. The summed E-state index contributed by atoms with van der Waals surface area (Å²) in [4.78, 5) is 23.5. The van der Waals surface area contributed by atoms with Gasteiger partial charge in [-0.3, -0.25) is 4.79 Å². The summed E-state index contributed by atoms with van der Waals surface area (Å²) >= 11 is 12.4.